The first kappa shape index (κ1) is 10.4. The Balaban J connectivity index is 1.84. The number of carboxylic acid groups (broad SMARTS) is 1. The summed E-state index contributed by atoms with van der Waals surface area (Å²) in [5, 5.41) is 12.0. The van der Waals surface area contributed by atoms with Gasteiger partial charge in [-0.05, 0) is 25.7 Å². The number of nitrogens with zero attached hydrogens (tertiary/aromatic N) is 1. The summed E-state index contributed by atoms with van der Waals surface area (Å²) in [6.07, 6.45) is 3.65. The molecule has 15 heavy (non-hydrogen) atoms. The first-order valence-electron chi connectivity index (χ1n) is 5.44. The average Bonchev–Trinajstić information content (AvgIpc) is 2.88. The first-order valence-corrected chi connectivity index (χ1v) is 5.44. The lowest BCUT2D eigenvalue weighted by molar-refractivity contribution is -0.147. The van der Waals surface area contributed by atoms with Gasteiger partial charge in [-0.15, -0.1) is 0 Å². The van der Waals surface area contributed by atoms with E-state index in [9.17, 15) is 9.59 Å². The van der Waals surface area contributed by atoms with Crippen molar-refractivity contribution >= 4 is 11.9 Å². The molecule has 1 amide bonds. The number of carboxylic acids is 1. The van der Waals surface area contributed by atoms with Gasteiger partial charge in [0, 0.05) is 12.6 Å². The van der Waals surface area contributed by atoms with E-state index < -0.39 is 12.0 Å². The van der Waals surface area contributed by atoms with Gasteiger partial charge < -0.3 is 15.3 Å². The second kappa shape index (κ2) is 4.18. The molecule has 1 saturated carbocycles. The van der Waals surface area contributed by atoms with E-state index in [2.05, 4.69) is 5.32 Å². The number of hydrogen-bond donors (Lipinski definition) is 2. The van der Waals surface area contributed by atoms with Crippen LogP contribution in [-0.2, 0) is 9.59 Å². The molecule has 2 aliphatic rings. The Morgan fingerprint density at radius 1 is 1.33 bits per heavy atom. The van der Waals surface area contributed by atoms with Crippen molar-refractivity contribution in [2.75, 3.05) is 13.1 Å². The van der Waals surface area contributed by atoms with E-state index in [-0.39, 0.29) is 12.5 Å². The van der Waals surface area contributed by atoms with Gasteiger partial charge in [0.1, 0.15) is 6.04 Å². The van der Waals surface area contributed by atoms with Crippen LogP contribution >= 0.6 is 0 Å². The number of amides is 1. The van der Waals surface area contributed by atoms with E-state index in [1.807, 2.05) is 0 Å². The van der Waals surface area contributed by atoms with Crippen LogP contribution in [0.4, 0.5) is 0 Å². The standard InChI is InChI=1S/C10H16N2O3/c13-9(6-11-7-3-4-7)12-5-1-2-8(12)10(14)15/h7-8,11H,1-6H2,(H,14,15)/t8-/m0/s1. The van der Waals surface area contributed by atoms with E-state index in [1.165, 1.54) is 4.90 Å². The Bertz CT molecular complexity index is 276. The first-order chi connectivity index (χ1) is 7.18. The maximum absolute atomic E-state index is 11.7. The van der Waals surface area contributed by atoms with Gasteiger partial charge in [0.25, 0.3) is 0 Å². The van der Waals surface area contributed by atoms with Crippen molar-refractivity contribution in [3.8, 4) is 0 Å². The fourth-order valence-electron chi connectivity index (χ4n) is 1.94. The molecule has 0 aromatic rings. The van der Waals surface area contributed by atoms with E-state index in [0.717, 1.165) is 19.3 Å². The summed E-state index contributed by atoms with van der Waals surface area (Å²) in [7, 11) is 0. The van der Waals surface area contributed by atoms with Crippen molar-refractivity contribution in [2.24, 2.45) is 0 Å². The molecule has 5 nitrogen and oxygen atoms in total. The van der Waals surface area contributed by atoms with Gasteiger partial charge in [-0.2, -0.15) is 0 Å². The molecule has 0 aromatic carbocycles. The molecule has 1 aliphatic heterocycles. The minimum atomic E-state index is -0.882. The largest absolute Gasteiger partial charge is 0.480 e. The summed E-state index contributed by atoms with van der Waals surface area (Å²) in [4.78, 5) is 24.0. The number of hydrogen-bond acceptors (Lipinski definition) is 3. The maximum Gasteiger partial charge on any atom is 0.326 e. The highest BCUT2D eigenvalue weighted by Crippen LogP contribution is 2.20. The summed E-state index contributed by atoms with van der Waals surface area (Å²) in [6, 6.07) is -0.113. The molecule has 0 bridgehead atoms. The van der Waals surface area contributed by atoms with E-state index in [4.69, 9.17) is 5.11 Å². The Labute approximate surface area is 88.4 Å². The quantitative estimate of drug-likeness (QED) is 0.678. The topological polar surface area (TPSA) is 69.6 Å². The molecule has 1 aliphatic carbocycles. The van der Waals surface area contributed by atoms with Crippen molar-refractivity contribution in [2.45, 2.75) is 37.8 Å². The Kier molecular flexibility index (Phi) is 2.90. The Hall–Kier alpha value is -1.10. The molecule has 1 atom stereocenters. The van der Waals surface area contributed by atoms with Gasteiger partial charge in [-0.25, -0.2) is 4.79 Å². The van der Waals surface area contributed by atoms with E-state index >= 15 is 0 Å². The third-order valence-electron chi connectivity index (χ3n) is 2.98. The summed E-state index contributed by atoms with van der Waals surface area (Å²) in [6.45, 7) is 0.872. The number of aliphatic carboxylic acids is 1. The van der Waals surface area contributed by atoms with E-state index in [0.29, 0.717) is 19.0 Å². The Morgan fingerprint density at radius 3 is 2.67 bits per heavy atom. The fraction of sp³-hybridized carbons (Fsp3) is 0.800. The molecule has 1 heterocycles. The van der Waals surface area contributed by atoms with Gasteiger partial charge in [-0.3, -0.25) is 4.79 Å². The number of nitrogens with one attached hydrogen (secondary N) is 1. The molecule has 0 unspecified atom stereocenters. The van der Waals surface area contributed by atoms with Crippen molar-refractivity contribution in [3.05, 3.63) is 0 Å². The number of likely N-dealkylation sites (tertiary alicyclic amines) is 1. The van der Waals surface area contributed by atoms with Crippen molar-refractivity contribution < 1.29 is 14.7 Å². The van der Waals surface area contributed by atoms with Gasteiger partial charge in [0.2, 0.25) is 5.91 Å². The predicted molar refractivity (Wildman–Crippen MR) is 53.4 cm³/mol. The van der Waals surface area contributed by atoms with Crippen LogP contribution in [0.2, 0.25) is 0 Å². The molecule has 0 radical (unpaired) electrons. The molecule has 0 spiro atoms. The fourth-order valence-corrected chi connectivity index (χ4v) is 1.94. The zero-order valence-corrected chi connectivity index (χ0v) is 8.61. The minimum Gasteiger partial charge on any atom is -0.480 e. The van der Waals surface area contributed by atoms with Crippen LogP contribution in [0.25, 0.3) is 0 Å². The predicted octanol–water partition coefficient (Wildman–Crippen LogP) is -0.186. The third kappa shape index (κ3) is 2.47. The number of rotatable bonds is 4. The zero-order valence-electron chi connectivity index (χ0n) is 8.61. The molecule has 2 fully saturated rings. The minimum absolute atomic E-state index is 0.0770. The van der Waals surface area contributed by atoms with Crippen LogP contribution in [-0.4, -0.2) is 47.1 Å². The monoisotopic (exact) mass is 212 g/mol. The third-order valence-corrected chi connectivity index (χ3v) is 2.98. The summed E-state index contributed by atoms with van der Waals surface area (Å²) in [5.41, 5.74) is 0. The zero-order chi connectivity index (χ0) is 10.8. The van der Waals surface area contributed by atoms with Gasteiger partial charge in [0.15, 0.2) is 0 Å². The van der Waals surface area contributed by atoms with Crippen LogP contribution in [0.5, 0.6) is 0 Å². The van der Waals surface area contributed by atoms with Crippen molar-refractivity contribution in [1.82, 2.24) is 10.2 Å². The molecule has 5 heteroatoms. The molecule has 2 N–H and O–H groups in total. The van der Waals surface area contributed by atoms with E-state index in [1.54, 1.807) is 0 Å². The van der Waals surface area contributed by atoms with Crippen LogP contribution in [0.1, 0.15) is 25.7 Å². The average molecular weight is 212 g/mol. The van der Waals surface area contributed by atoms with Crippen molar-refractivity contribution in [3.63, 3.8) is 0 Å². The Morgan fingerprint density at radius 2 is 2.07 bits per heavy atom. The normalized spacial score (nSPS) is 25.6. The smallest absolute Gasteiger partial charge is 0.326 e. The van der Waals surface area contributed by atoms with Gasteiger partial charge in [-0.1, -0.05) is 0 Å². The van der Waals surface area contributed by atoms with Gasteiger partial charge in [0.05, 0.1) is 6.54 Å². The highest BCUT2D eigenvalue weighted by molar-refractivity contribution is 5.85. The second-order valence-corrected chi connectivity index (χ2v) is 4.24. The number of carbonyl (C=O) groups excluding carboxylic acids is 1. The van der Waals surface area contributed by atoms with Crippen LogP contribution < -0.4 is 5.32 Å². The SMILES string of the molecule is O=C(O)[C@@H]1CCCN1C(=O)CNC1CC1. The van der Waals surface area contributed by atoms with Crippen LogP contribution in [0, 0.1) is 0 Å². The lowest BCUT2D eigenvalue weighted by Gasteiger charge is -2.21. The van der Waals surface area contributed by atoms with Gasteiger partial charge >= 0.3 is 5.97 Å². The summed E-state index contributed by atoms with van der Waals surface area (Å²) >= 11 is 0. The lowest BCUT2D eigenvalue weighted by Crippen LogP contribution is -2.44. The molecular weight excluding hydrogens is 196 g/mol. The molecule has 2 rings (SSSR count). The van der Waals surface area contributed by atoms with Crippen LogP contribution in [0.15, 0.2) is 0 Å². The molecule has 1 saturated heterocycles. The van der Waals surface area contributed by atoms with Crippen molar-refractivity contribution in [1.29, 1.82) is 0 Å². The second-order valence-electron chi connectivity index (χ2n) is 4.24. The maximum atomic E-state index is 11.7. The summed E-state index contributed by atoms with van der Waals surface area (Å²) < 4.78 is 0. The summed E-state index contributed by atoms with van der Waals surface area (Å²) in [5.74, 6) is -0.959. The molecular formula is C10H16N2O3. The van der Waals surface area contributed by atoms with Crippen LogP contribution in [0.3, 0.4) is 0 Å². The number of carbonyl (C=O) groups is 2. The lowest BCUT2D eigenvalue weighted by atomic mass is 10.2. The molecule has 0 aromatic heterocycles. The molecule has 84 valence electrons. The highest BCUT2D eigenvalue weighted by Gasteiger charge is 2.34. The highest BCUT2D eigenvalue weighted by atomic mass is 16.4.